The first-order chi connectivity index (χ1) is 14.4. The quantitative estimate of drug-likeness (QED) is 0.635. The highest BCUT2D eigenvalue weighted by atomic mass is 79.9. The van der Waals surface area contributed by atoms with Crippen LogP contribution in [-0.2, 0) is 14.3 Å². The fourth-order valence-electron chi connectivity index (χ4n) is 2.65. The van der Waals surface area contributed by atoms with Gasteiger partial charge in [0.2, 0.25) is 11.8 Å². The van der Waals surface area contributed by atoms with E-state index in [1.165, 1.54) is 16.7 Å². The highest BCUT2D eigenvalue weighted by Gasteiger charge is 2.34. The van der Waals surface area contributed by atoms with Crippen LogP contribution in [0.2, 0.25) is 0 Å². The van der Waals surface area contributed by atoms with Crippen LogP contribution >= 0.6 is 27.7 Å². The Morgan fingerprint density at radius 2 is 1.87 bits per heavy atom. The summed E-state index contributed by atoms with van der Waals surface area (Å²) in [5.41, 5.74) is 1.65. The van der Waals surface area contributed by atoms with E-state index in [9.17, 15) is 14.4 Å². The molecule has 2 aromatic rings. The minimum absolute atomic E-state index is 0.0876. The van der Waals surface area contributed by atoms with Gasteiger partial charge in [0.15, 0.2) is 5.17 Å². The molecule has 2 aromatic carbocycles. The van der Waals surface area contributed by atoms with Crippen molar-refractivity contribution in [2.75, 3.05) is 19.0 Å². The molecule has 0 spiro atoms. The largest absolute Gasteiger partial charge is 0.462 e. The zero-order valence-electron chi connectivity index (χ0n) is 16.4. The molecule has 0 saturated carbocycles. The fraction of sp³-hybridized carbons (Fsp3) is 0.238. The van der Waals surface area contributed by atoms with Gasteiger partial charge in [-0.25, -0.2) is 9.79 Å². The Bertz CT molecular complexity index is 977. The Kier molecular flexibility index (Phi) is 7.28. The molecule has 7 nitrogen and oxygen atoms in total. The van der Waals surface area contributed by atoms with Gasteiger partial charge in [-0.1, -0.05) is 27.7 Å². The molecule has 3 rings (SSSR count). The van der Waals surface area contributed by atoms with Crippen molar-refractivity contribution < 1.29 is 19.1 Å². The summed E-state index contributed by atoms with van der Waals surface area (Å²) in [5, 5.41) is 2.67. The number of halogens is 1. The molecule has 1 fully saturated rings. The van der Waals surface area contributed by atoms with Crippen LogP contribution in [0, 0.1) is 0 Å². The van der Waals surface area contributed by atoms with E-state index in [-0.39, 0.29) is 18.2 Å². The average molecular weight is 490 g/mol. The Hall–Kier alpha value is -2.65. The maximum atomic E-state index is 12.7. The van der Waals surface area contributed by atoms with Crippen LogP contribution in [0.25, 0.3) is 0 Å². The number of hydrogen-bond donors (Lipinski definition) is 1. The van der Waals surface area contributed by atoms with Gasteiger partial charge in [0.1, 0.15) is 5.25 Å². The lowest BCUT2D eigenvalue weighted by atomic mass is 10.2. The average Bonchev–Trinajstić information content (AvgIpc) is 2.73. The van der Waals surface area contributed by atoms with E-state index in [4.69, 9.17) is 4.74 Å². The van der Waals surface area contributed by atoms with Gasteiger partial charge in [-0.3, -0.25) is 14.5 Å². The second-order valence-electron chi connectivity index (χ2n) is 6.42. The second-order valence-corrected chi connectivity index (χ2v) is 8.51. The van der Waals surface area contributed by atoms with Crippen molar-refractivity contribution in [3.63, 3.8) is 0 Å². The third kappa shape index (κ3) is 5.48. The summed E-state index contributed by atoms with van der Waals surface area (Å²) in [5.74, 6) is -0.846. The van der Waals surface area contributed by atoms with E-state index in [0.717, 1.165) is 4.47 Å². The number of esters is 1. The van der Waals surface area contributed by atoms with E-state index in [1.807, 2.05) is 12.1 Å². The molecule has 156 valence electrons. The molecule has 1 aliphatic rings. The summed E-state index contributed by atoms with van der Waals surface area (Å²) in [6.45, 7) is 2.05. The van der Waals surface area contributed by atoms with Crippen molar-refractivity contribution in [3.05, 3.63) is 58.6 Å². The van der Waals surface area contributed by atoms with Crippen molar-refractivity contribution in [1.82, 2.24) is 4.90 Å². The molecule has 30 heavy (non-hydrogen) atoms. The van der Waals surface area contributed by atoms with Crippen LogP contribution in [0.1, 0.15) is 23.7 Å². The minimum atomic E-state index is -0.588. The molecule has 0 bridgehead atoms. The van der Waals surface area contributed by atoms with E-state index in [2.05, 4.69) is 26.2 Å². The number of anilines is 1. The summed E-state index contributed by atoms with van der Waals surface area (Å²) < 4.78 is 5.88. The molecule has 0 aliphatic carbocycles. The Labute approximate surface area is 187 Å². The van der Waals surface area contributed by atoms with Gasteiger partial charge in [-0.15, -0.1) is 0 Å². The SMILES string of the molecule is CCOC(=O)c1ccc(N=C2SC(C(=O)Nc3ccc(Br)cc3)CC(=O)N2C)cc1. The molecule has 0 aromatic heterocycles. The number of amides is 2. The number of rotatable bonds is 5. The minimum Gasteiger partial charge on any atom is -0.462 e. The van der Waals surface area contributed by atoms with Crippen molar-refractivity contribution in [3.8, 4) is 0 Å². The molecular weight excluding hydrogens is 470 g/mol. The zero-order chi connectivity index (χ0) is 21.7. The molecule has 0 radical (unpaired) electrons. The van der Waals surface area contributed by atoms with E-state index < -0.39 is 11.2 Å². The van der Waals surface area contributed by atoms with Crippen LogP contribution in [0.4, 0.5) is 11.4 Å². The van der Waals surface area contributed by atoms with Crippen molar-refractivity contribution in [1.29, 1.82) is 0 Å². The molecule has 1 aliphatic heterocycles. The van der Waals surface area contributed by atoms with E-state index in [1.54, 1.807) is 50.4 Å². The molecule has 9 heteroatoms. The predicted molar refractivity (Wildman–Crippen MR) is 121 cm³/mol. The lowest BCUT2D eigenvalue weighted by Crippen LogP contribution is -2.43. The molecule has 1 atom stereocenters. The summed E-state index contributed by atoms with van der Waals surface area (Å²) in [6.07, 6.45) is 0.0876. The van der Waals surface area contributed by atoms with Crippen LogP contribution in [0.3, 0.4) is 0 Å². The van der Waals surface area contributed by atoms with Crippen LogP contribution in [0.15, 0.2) is 58.0 Å². The number of benzene rings is 2. The number of amidine groups is 1. The highest BCUT2D eigenvalue weighted by molar-refractivity contribution is 9.10. The number of nitrogens with zero attached hydrogens (tertiary/aromatic N) is 2. The molecule has 1 N–H and O–H groups in total. The number of carbonyl (C=O) groups excluding carboxylic acids is 3. The van der Waals surface area contributed by atoms with Crippen molar-refractivity contribution in [2.24, 2.45) is 4.99 Å². The standard InChI is InChI=1S/C21H20BrN3O4S/c1-3-29-20(28)13-4-8-16(9-5-13)24-21-25(2)18(26)12-17(30-21)19(27)23-15-10-6-14(22)7-11-15/h4-11,17H,3,12H2,1-2H3,(H,23,27). The molecular formula is C21H20BrN3O4S. The first kappa shape index (κ1) is 22.0. The predicted octanol–water partition coefficient (Wildman–Crippen LogP) is 4.22. The maximum absolute atomic E-state index is 12.7. The Morgan fingerprint density at radius 1 is 1.20 bits per heavy atom. The molecule has 2 amide bonds. The zero-order valence-corrected chi connectivity index (χ0v) is 18.8. The van der Waals surface area contributed by atoms with Gasteiger partial charge >= 0.3 is 5.97 Å². The fourth-order valence-corrected chi connectivity index (χ4v) is 3.98. The van der Waals surface area contributed by atoms with Gasteiger partial charge in [-0.05, 0) is 55.5 Å². The monoisotopic (exact) mass is 489 g/mol. The van der Waals surface area contributed by atoms with Gasteiger partial charge in [0.25, 0.3) is 0 Å². The number of carbonyl (C=O) groups is 3. The van der Waals surface area contributed by atoms with Gasteiger partial charge in [-0.2, -0.15) is 0 Å². The third-order valence-electron chi connectivity index (χ3n) is 4.28. The van der Waals surface area contributed by atoms with Gasteiger partial charge in [0, 0.05) is 23.6 Å². The van der Waals surface area contributed by atoms with Crippen molar-refractivity contribution >= 4 is 62.0 Å². The van der Waals surface area contributed by atoms with Gasteiger partial charge in [0.05, 0.1) is 17.9 Å². The Morgan fingerprint density at radius 3 is 2.50 bits per heavy atom. The number of nitrogens with one attached hydrogen (secondary N) is 1. The lowest BCUT2D eigenvalue weighted by molar-refractivity contribution is -0.128. The first-order valence-electron chi connectivity index (χ1n) is 9.23. The molecule has 1 unspecified atom stereocenters. The summed E-state index contributed by atoms with van der Waals surface area (Å²) in [6, 6.07) is 13.8. The van der Waals surface area contributed by atoms with Crippen LogP contribution in [-0.4, -0.2) is 46.8 Å². The molecule has 1 saturated heterocycles. The van der Waals surface area contributed by atoms with E-state index >= 15 is 0 Å². The first-order valence-corrected chi connectivity index (χ1v) is 10.9. The van der Waals surface area contributed by atoms with E-state index in [0.29, 0.717) is 28.7 Å². The number of aliphatic imine (C=N–C) groups is 1. The normalized spacial score (nSPS) is 17.7. The number of hydrogen-bond acceptors (Lipinski definition) is 6. The Balaban J connectivity index is 1.73. The number of thioether (sulfide) groups is 1. The van der Waals surface area contributed by atoms with Crippen molar-refractivity contribution in [2.45, 2.75) is 18.6 Å². The summed E-state index contributed by atoms with van der Waals surface area (Å²) in [4.78, 5) is 42.8. The topological polar surface area (TPSA) is 88.1 Å². The van der Waals surface area contributed by atoms with Crippen LogP contribution in [0.5, 0.6) is 0 Å². The third-order valence-corrected chi connectivity index (χ3v) is 6.05. The number of ether oxygens (including phenoxy) is 1. The smallest absolute Gasteiger partial charge is 0.338 e. The summed E-state index contributed by atoms with van der Waals surface area (Å²) >= 11 is 4.58. The highest BCUT2D eigenvalue weighted by Crippen LogP contribution is 2.29. The summed E-state index contributed by atoms with van der Waals surface area (Å²) in [7, 11) is 1.63. The van der Waals surface area contributed by atoms with Gasteiger partial charge < -0.3 is 10.1 Å². The lowest BCUT2D eigenvalue weighted by Gasteiger charge is -2.28. The molecule has 1 heterocycles. The van der Waals surface area contributed by atoms with Crippen LogP contribution < -0.4 is 5.32 Å². The maximum Gasteiger partial charge on any atom is 0.338 e. The second kappa shape index (κ2) is 9.90.